The van der Waals surface area contributed by atoms with Crippen LogP contribution in [0.4, 0.5) is 10.1 Å². The lowest BCUT2D eigenvalue weighted by atomic mass is 10.1. The van der Waals surface area contributed by atoms with Crippen LogP contribution in [-0.2, 0) is 0 Å². The highest BCUT2D eigenvalue weighted by Crippen LogP contribution is 2.25. The van der Waals surface area contributed by atoms with E-state index in [1.807, 2.05) is 60.7 Å². The molecule has 0 spiro atoms. The van der Waals surface area contributed by atoms with Gasteiger partial charge in [0.1, 0.15) is 11.5 Å². The van der Waals surface area contributed by atoms with Crippen LogP contribution in [0, 0.1) is 5.82 Å². The van der Waals surface area contributed by atoms with Crippen molar-refractivity contribution < 1.29 is 9.18 Å². The van der Waals surface area contributed by atoms with E-state index in [4.69, 9.17) is 0 Å². The first-order chi connectivity index (χ1) is 13.2. The van der Waals surface area contributed by atoms with Crippen LogP contribution >= 0.6 is 0 Å². The number of anilines is 1. The smallest absolute Gasteiger partial charge is 0.259 e. The molecule has 4 aromatic rings. The summed E-state index contributed by atoms with van der Waals surface area (Å²) in [6.45, 7) is 0. The van der Waals surface area contributed by atoms with Crippen molar-refractivity contribution in [3.8, 4) is 16.9 Å². The summed E-state index contributed by atoms with van der Waals surface area (Å²) in [6, 6.07) is 25.0. The Bertz CT molecular complexity index is 1080. The number of nitrogens with zero attached hydrogens (tertiary/aromatic N) is 2. The SMILES string of the molecule is O=C(Nc1ccccc1F)c1cn(-c2ccccc2)nc1-c1ccccc1. The zero-order valence-electron chi connectivity index (χ0n) is 14.3. The molecule has 0 radical (unpaired) electrons. The molecular formula is C22H16FN3O. The van der Waals surface area contributed by atoms with Gasteiger partial charge in [0, 0.05) is 11.8 Å². The van der Waals surface area contributed by atoms with E-state index in [1.54, 1.807) is 23.0 Å². The Morgan fingerprint density at radius 3 is 2.19 bits per heavy atom. The molecular weight excluding hydrogens is 341 g/mol. The van der Waals surface area contributed by atoms with Crippen LogP contribution in [0.15, 0.2) is 91.1 Å². The molecule has 1 heterocycles. The summed E-state index contributed by atoms with van der Waals surface area (Å²) in [7, 11) is 0. The molecule has 0 aliphatic heterocycles. The first-order valence-corrected chi connectivity index (χ1v) is 8.49. The van der Waals surface area contributed by atoms with Gasteiger partial charge in [-0.25, -0.2) is 9.07 Å². The van der Waals surface area contributed by atoms with Crippen molar-refractivity contribution in [1.82, 2.24) is 9.78 Å². The van der Waals surface area contributed by atoms with E-state index in [-0.39, 0.29) is 5.69 Å². The van der Waals surface area contributed by atoms with E-state index in [1.165, 1.54) is 12.1 Å². The second-order valence-electron chi connectivity index (χ2n) is 5.97. The third-order valence-electron chi connectivity index (χ3n) is 4.15. The maximum atomic E-state index is 13.9. The van der Waals surface area contributed by atoms with E-state index in [9.17, 15) is 9.18 Å². The van der Waals surface area contributed by atoms with Gasteiger partial charge in [0.15, 0.2) is 0 Å². The summed E-state index contributed by atoms with van der Waals surface area (Å²) in [4.78, 5) is 12.9. The molecule has 0 saturated carbocycles. The minimum atomic E-state index is -0.484. The number of benzene rings is 3. The second kappa shape index (κ2) is 7.25. The topological polar surface area (TPSA) is 46.9 Å². The number of nitrogens with one attached hydrogen (secondary N) is 1. The van der Waals surface area contributed by atoms with Crippen LogP contribution in [0.3, 0.4) is 0 Å². The van der Waals surface area contributed by atoms with Crippen molar-refractivity contribution in [2.75, 3.05) is 5.32 Å². The Hall–Kier alpha value is -3.73. The molecule has 0 atom stereocenters. The Kier molecular flexibility index (Phi) is 4.49. The Labute approximate surface area is 155 Å². The van der Waals surface area contributed by atoms with E-state index in [2.05, 4.69) is 10.4 Å². The van der Waals surface area contributed by atoms with Crippen molar-refractivity contribution >= 4 is 11.6 Å². The number of hydrogen-bond donors (Lipinski definition) is 1. The van der Waals surface area contributed by atoms with Gasteiger partial charge in [-0.15, -0.1) is 0 Å². The standard InChI is InChI=1S/C22H16FN3O/c23-19-13-7-8-14-20(19)24-22(27)18-15-26(17-11-5-2-6-12-17)25-21(18)16-9-3-1-4-10-16/h1-15H,(H,24,27). The summed E-state index contributed by atoms with van der Waals surface area (Å²) in [6.07, 6.45) is 1.66. The van der Waals surface area contributed by atoms with E-state index in [0.29, 0.717) is 11.3 Å². The molecule has 5 heteroatoms. The first kappa shape index (κ1) is 16.7. The lowest BCUT2D eigenvalue weighted by Crippen LogP contribution is -2.13. The summed E-state index contributed by atoms with van der Waals surface area (Å²) in [5, 5.41) is 7.23. The summed E-state index contributed by atoms with van der Waals surface area (Å²) in [5.41, 5.74) is 2.68. The monoisotopic (exact) mass is 357 g/mol. The predicted octanol–water partition coefficient (Wildman–Crippen LogP) is 4.93. The third-order valence-corrected chi connectivity index (χ3v) is 4.15. The second-order valence-corrected chi connectivity index (χ2v) is 5.97. The van der Waals surface area contributed by atoms with Gasteiger partial charge in [0.2, 0.25) is 0 Å². The number of halogens is 1. The maximum Gasteiger partial charge on any atom is 0.259 e. The molecule has 0 saturated heterocycles. The number of amides is 1. The van der Waals surface area contributed by atoms with Crippen LogP contribution in [0.1, 0.15) is 10.4 Å². The van der Waals surface area contributed by atoms with Crippen molar-refractivity contribution in [3.63, 3.8) is 0 Å². The molecule has 132 valence electrons. The van der Waals surface area contributed by atoms with Crippen LogP contribution in [0.5, 0.6) is 0 Å². The zero-order valence-corrected chi connectivity index (χ0v) is 14.3. The third kappa shape index (κ3) is 3.48. The van der Waals surface area contributed by atoms with Crippen LogP contribution in [0.25, 0.3) is 16.9 Å². The lowest BCUT2D eigenvalue weighted by Gasteiger charge is -2.06. The Morgan fingerprint density at radius 1 is 0.852 bits per heavy atom. The molecule has 27 heavy (non-hydrogen) atoms. The van der Waals surface area contributed by atoms with Gasteiger partial charge in [-0.2, -0.15) is 5.10 Å². The number of para-hydroxylation sites is 2. The van der Waals surface area contributed by atoms with Crippen LogP contribution in [0.2, 0.25) is 0 Å². The van der Waals surface area contributed by atoms with E-state index < -0.39 is 11.7 Å². The summed E-state index contributed by atoms with van der Waals surface area (Å²) >= 11 is 0. The maximum absolute atomic E-state index is 13.9. The van der Waals surface area contributed by atoms with Gasteiger partial charge in [-0.3, -0.25) is 4.79 Å². The van der Waals surface area contributed by atoms with Gasteiger partial charge in [0.25, 0.3) is 5.91 Å². The fraction of sp³-hybridized carbons (Fsp3) is 0. The number of carbonyl (C=O) groups is 1. The molecule has 0 aliphatic rings. The van der Waals surface area contributed by atoms with Crippen molar-refractivity contribution in [2.45, 2.75) is 0 Å². The van der Waals surface area contributed by atoms with Crippen molar-refractivity contribution in [2.24, 2.45) is 0 Å². The van der Waals surface area contributed by atoms with Gasteiger partial charge in [-0.1, -0.05) is 60.7 Å². The fourth-order valence-corrected chi connectivity index (χ4v) is 2.81. The molecule has 3 aromatic carbocycles. The highest BCUT2D eigenvalue weighted by Gasteiger charge is 2.19. The molecule has 0 bridgehead atoms. The van der Waals surface area contributed by atoms with E-state index in [0.717, 1.165) is 11.3 Å². The average Bonchev–Trinajstić information content (AvgIpc) is 3.17. The molecule has 1 amide bonds. The first-order valence-electron chi connectivity index (χ1n) is 8.49. The number of aromatic nitrogens is 2. The normalized spacial score (nSPS) is 10.6. The zero-order chi connectivity index (χ0) is 18.6. The highest BCUT2D eigenvalue weighted by molar-refractivity contribution is 6.08. The van der Waals surface area contributed by atoms with Gasteiger partial charge >= 0.3 is 0 Å². The summed E-state index contributed by atoms with van der Waals surface area (Å²) < 4.78 is 15.6. The van der Waals surface area contributed by atoms with Crippen molar-refractivity contribution in [1.29, 1.82) is 0 Å². The number of hydrogen-bond acceptors (Lipinski definition) is 2. The highest BCUT2D eigenvalue weighted by atomic mass is 19.1. The number of carbonyl (C=O) groups excluding carboxylic acids is 1. The van der Waals surface area contributed by atoms with Gasteiger partial charge < -0.3 is 5.32 Å². The Morgan fingerprint density at radius 2 is 1.48 bits per heavy atom. The molecule has 0 fully saturated rings. The predicted molar refractivity (Wildman–Crippen MR) is 103 cm³/mol. The number of rotatable bonds is 4. The minimum Gasteiger partial charge on any atom is -0.319 e. The molecule has 1 N–H and O–H groups in total. The minimum absolute atomic E-state index is 0.133. The largest absolute Gasteiger partial charge is 0.319 e. The quantitative estimate of drug-likeness (QED) is 0.563. The molecule has 1 aromatic heterocycles. The average molecular weight is 357 g/mol. The Balaban J connectivity index is 1.77. The molecule has 4 nitrogen and oxygen atoms in total. The molecule has 4 rings (SSSR count). The van der Waals surface area contributed by atoms with Crippen LogP contribution < -0.4 is 5.32 Å². The summed E-state index contributed by atoms with van der Waals surface area (Å²) in [5.74, 6) is -0.899. The lowest BCUT2D eigenvalue weighted by molar-refractivity contribution is 0.102. The molecule has 0 unspecified atom stereocenters. The van der Waals surface area contributed by atoms with Crippen molar-refractivity contribution in [3.05, 3.63) is 103 Å². The van der Waals surface area contributed by atoms with Crippen LogP contribution in [-0.4, -0.2) is 15.7 Å². The van der Waals surface area contributed by atoms with Gasteiger partial charge in [0.05, 0.1) is 16.9 Å². The van der Waals surface area contributed by atoms with E-state index >= 15 is 0 Å². The van der Waals surface area contributed by atoms with Gasteiger partial charge in [-0.05, 0) is 24.3 Å². The fourth-order valence-electron chi connectivity index (χ4n) is 2.81. The molecule has 0 aliphatic carbocycles.